The van der Waals surface area contributed by atoms with Crippen LogP contribution in [-0.2, 0) is 6.42 Å². The summed E-state index contributed by atoms with van der Waals surface area (Å²) in [6.45, 7) is 0.850. The van der Waals surface area contributed by atoms with Crippen molar-refractivity contribution < 1.29 is 0 Å². The van der Waals surface area contributed by atoms with Crippen molar-refractivity contribution in [1.82, 2.24) is 0 Å². The molecular formula is C14H22BrNS. The maximum absolute atomic E-state index is 6.11. The van der Waals surface area contributed by atoms with Crippen molar-refractivity contribution in [3.05, 3.63) is 20.8 Å². The Kier molecular flexibility index (Phi) is 5.07. The van der Waals surface area contributed by atoms with E-state index >= 15 is 0 Å². The van der Waals surface area contributed by atoms with Crippen molar-refractivity contribution in [2.45, 2.75) is 51.4 Å². The highest BCUT2D eigenvalue weighted by molar-refractivity contribution is 9.10. The molecule has 0 spiro atoms. The van der Waals surface area contributed by atoms with Gasteiger partial charge < -0.3 is 5.73 Å². The molecular weight excluding hydrogens is 294 g/mol. The molecule has 0 amide bonds. The Morgan fingerprint density at radius 2 is 1.82 bits per heavy atom. The van der Waals surface area contributed by atoms with E-state index in [4.69, 9.17) is 5.73 Å². The molecule has 0 unspecified atom stereocenters. The Hall–Kier alpha value is 0.140. The average molecular weight is 316 g/mol. The van der Waals surface area contributed by atoms with Crippen molar-refractivity contribution in [1.29, 1.82) is 0 Å². The van der Waals surface area contributed by atoms with Crippen molar-refractivity contribution >= 4 is 27.3 Å². The van der Waals surface area contributed by atoms with Crippen molar-refractivity contribution in [2.24, 2.45) is 11.1 Å². The molecule has 1 fully saturated rings. The summed E-state index contributed by atoms with van der Waals surface area (Å²) in [6.07, 6.45) is 10.8. The molecule has 1 aliphatic rings. The lowest BCUT2D eigenvalue weighted by atomic mass is 9.73. The molecule has 1 heterocycles. The van der Waals surface area contributed by atoms with Crippen LogP contribution in [0, 0.1) is 5.41 Å². The summed E-state index contributed by atoms with van der Waals surface area (Å²) in [4.78, 5) is 1.49. The Morgan fingerprint density at radius 3 is 2.35 bits per heavy atom. The van der Waals surface area contributed by atoms with E-state index in [1.165, 1.54) is 60.7 Å². The highest BCUT2D eigenvalue weighted by atomic mass is 79.9. The van der Waals surface area contributed by atoms with E-state index in [0.29, 0.717) is 5.41 Å². The summed E-state index contributed by atoms with van der Waals surface area (Å²) in [5.74, 6) is 0. The average Bonchev–Trinajstić information content (AvgIpc) is 2.68. The Morgan fingerprint density at radius 1 is 1.18 bits per heavy atom. The topological polar surface area (TPSA) is 26.0 Å². The van der Waals surface area contributed by atoms with Gasteiger partial charge in [-0.3, -0.25) is 0 Å². The van der Waals surface area contributed by atoms with Gasteiger partial charge in [-0.2, -0.15) is 0 Å². The predicted octanol–water partition coefficient (Wildman–Crippen LogP) is 4.74. The van der Waals surface area contributed by atoms with E-state index in [0.717, 1.165) is 6.54 Å². The summed E-state index contributed by atoms with van der Waals surface area (Å²) in [5.41, 5.74) is 6.49. The number of halogens is 1. The minimum Gasteiger partial charge on any atom is -0.330 e. The lowest BCUT2D eigenvalue weighted by molar-refractivity contribution is 0.218. The van der Waals surface area contributed by atoms with E-state index in [2.05, 4.69) is 27.4 Å². The van der Waals surface area contributed by atoms with Crippen LogP contribution in [0.1, 0.15) is 49.8 Å². The van der Waals surface area contributed by atoms with Crippen molar-refractivity contribution in [2.75, 3.05) is 6.54 Å². The first-order chi connectivity index (χ1) is 8.24. The molecule has 0 radical (unpaired) electrons. The van der Waals surface area contributed by atoms with E-state index < -0.39 is 0 Å². The molecule has 1 aliphatic carbocycles. The zero-order valence-electron chi connectivity index (χ0n) is 10.4. The normalized spacial score (nSPS) is 20.8. The first-order valence-corrected chi connectivity index (χ1v) is 8.34. The van der Waals surface area contributed by atoms with Gasteiger partial charge in [-0.05, 0) is 53.2 Å². The zero-order chi connectivity index (χ0) is 12.1. The van der Waals surface area contributed by atoms with Crippen LogP contribution in [0.3, 0.4) is 0 Å². The van der Waals surface area contributed by atoms with Crippen LogP contribution in [0.25, 0.3) is 0 Å². The number of nitrogens with two attached hydrogens (primary N) is 1. The van der Waals surface area contributed by atoms with Crippen LogP contribution in [0.15, 0.2) is 15.9 Å². The second-order valence-corrected chi connectivity index (χ2v) is 7.29. The maximum atomic E-state index is 6.11. The fourth-order valence-corrected chi connectivity index (χ4v) is 4.55. The van der Waals surface area contributed by atoms with Crippen molar-refractivity contribution in [3.63, 3.8) is 0 Å². The number of hydrogen-bond acceptors (Lipinski definition) is 2. The van der Waals surface area contributed by atoms with Crippen LogP contribution < -0.4 is 5.73 Å². The summed E-state index contributed by atoms with van der Waals surface area (Å²) in [7, 11) is 0. The Labute approximate surface area is 117 Å². The van der Waals surface area contributed by atoms with Gasteiger partial charge in [-0.1, -0.05) is 32.1 Å². The van der Waals surface area contributed by atoms with Gasteiger partial charge in [0.1, 0.15) is 0 Å². The van der Waals surface area contributed by atoms with Gasteiger partial charge in [-0.25, -0.2) is 0 Å². The molecule has 17 heavy (non-hydrogen) atoms. The van der Waals surface area contributed by atoms with E-state index in [1.54, 1.807) is 0 Å². The number of rotatable bonds is 3. The smallest absolute Gasteiger partial charge is 0.0285 e. The maximum Gasteiger partial charge on any atom is 0.0285 e. The van der Waals surface area contributed by atoms with Gasteiger partial charge in [0.15, 0.2) is 0 Å². The molecule has 0 aliphatic heterocycles. The Bertz CT molecular complexity index is 340. The quantitative estimate of drug-likeness (QED) is 0.856. The standard InChI is InChI=1S/C14H22BrNS/c15-12-8-13(17-10-12)9-14(11-16)6-4-2-1-3-5-7-14/h8,10H,1-7,9,11,16H2. The van der Waals surface area contributed by atoms with E-state index in [9.17, 15) is 0 Å². The molecule has 2 rings (SSSR count). The minimum absolute atomic E-state index is 0.380. The molecule has 0 bridgehead atoms. The summed E-state index contributed by atoms with van der Waals surface area (Å²) < 4.78 is 1.22. The van der Waals surface area contributed by atoms with Crippen LogP contribution in [0.2, 0.25) is 0 Å². The SMILES string of the molecule is NCC1(Cc2cc(Br)cs2)CCCCCCC1. The molecule has 0 atom stereocenters. The molecule has 1 nitrogen and oxygen atoms in total. The number of hydrogen-bond donors (Lipinski definition) is 1. The third-order valence-corrected chi connectivity index (χ3v) is 5.72. The summed E-state index contributed by atoms with van der Waals surface area (Å²) >= 11 is 5.41. The third-order valence-electron chi connectivity index (χ3n) is 4.02. The van der Waals surface area contributed by atoms with Gasteiger partial charge in [0.25, 0.3) is 0 Å². The highest BCUT2D eigenvalue weighted by Crippen LogP contribution is 2.38. The molecule has 0 aromatic carbocycles. The first kappa shape index (κ1) is 13.6. The largest absolute Gasteiger partial charge is 0.330 e. The highest BCUT2D eigenvalue weighted by Gasteiger charge is 2.29. The summed E-state index contributed by atoms with van der Waals surface area (Å²) in [6, 6.07) is 2.26. The molecule has 1 aromatic heterocycles. The molecule has 2 N–H and O–H groups in total. The molecule has 1 saturated carbocycles. The van der Waals surface area contributed by atoms with Gasteiger partial charge in [0, 0.05) is 14.7 Å². The fourth-order valence-electron chi connectivity index (χ4n) is 2.92. The number of thiophene rings is 1. The van der Waals surface area contributed by atoms with Crippen LogP contribution >= 0.6 is 27.3 Å². The van der Waals surface area contributed by atoms with Gasteiger partial charge in [0.2, 0.25) is 0 Å². The second kappa shape index (κ2) is 6.35. The van der Waals surface area contributed by atoms with E-state index in [1.807, 2.05) is 11.3 Å². The molecule has 3 heteroatoms. The van der Waals surface area contributed by atoms with Gasteiger partial charge in [-0.15, -0.1) is 11.3 Å². The lowest BCUT2D eigenvalue weighted by Gasteiger charge is -2.34. The lowest BCUT2D eigenvalue weighted by Crippen LogP contribution is -2.33. The molecule has 1 aromatic rings. The van der Waals surface area contributed by atoms with Crippen LogP contribution in [0.5, 0.6) is 0 Å². The summed E-state index contributed by atoms with van der Waals surface area (Å²) in [5, 5.41) is 2.18. The van der Waals surface area contributed by atoms with Gasteiger partial charge in [0.05, 0.1) is 0 Å². The fraction of sp³-hybridized carbons (Fsp3) is 0.714. The zero-order valence-corrected chi connectivity index (χ0v) is 12.8. The van der Waals surface area contributed by atoms with Crippen molar-refractivity contribution in [3.8, 4) is 0 Å². The van der Waals surface area contributed by atoms with Crippen LogP contribution in [0.4, 0.5) is 0 Å². The molecule has 96 valence electrons. The second-order valence-electron chi connectivity index (χ2n) is 5.38. The third kappa shape index (κ3) is 3.80. The van der Waals surface area contributed by atoms with E-state index in [-0.39, 0.29) is 0 Å². The molecule has 0 saturated heterocycles. The Balaban J connectivity index is 2.05. The van der Waals surface area contributed by atoms with Crippen LogP contribution in [-0.4, -0.2) is 6.54 Å². The van der Waals surface area contributed by atoms with Gasteiger partial charge >= 0.3 is 0 Å². The predicted molar refractivity (Wildman–Crippen MR) is 79.5 cm³/mol. The monoisotopic (exact) mass is 315 g/mol. The first-order valence-electron chi connectivity index (χ1n) is 6.67. The minimum atomic E-state index is 0.380.